The number of carbonyl (C=O) groups excluding carboxylic acids is 1. The number of aryl methyl sites for hydroxylation is 1. The first-order valence-electron chi connectivity index (χ1n) is 6.46. The molecule has 0 bridgehead atoms. The second kappa shape index (κ2) is 4.90. The number of rotatable bonds is 1. The van der Waals surface area contributed by atoms with Crippen molar-refractivity contribution in [2.45, 2.75) is 13.1 Å². The third-order valence-electron chi connectivity index (χ3n) is 3.36. The van der Waals surface area contributed by atoms with Crippen LogP contribution in [0.2, 0.25) is 0 Å². The smallest absolute Gasteiger partial charge is 0.263 e. The van der Waals surface area contributed by atoms with E-state index < -0.39 is 6.17 Å². The summed E-state index contributed by atoms with van der Waals surface area (Å²) in [4.78, 5) is 16.4. The Morgan fingerprint density at radius 3 is 2.60 bits per heavy atom. The van der Waals surface area contributed by atoms with Crippen LogP contribution in [0.25, 0.3) is 0 Å². The van der Waals surface area contributed by atoms with Crippen LogP contribution in [0.15, 0.2) is 53.5 Å². The summed E-state index contributed by atoms with van der Waals surface area (Å²) in [6.07, 6.45) is -0.892. The second-order valence-electron chi connectivity index (χ2n) is 4.78. The SMILES string of the molecule is Cc1cccc2c1NC(=O)[C@H](N)N=C2c1ccccc1. The predicted octanol–water partition coefficient (Wildman–Crippen LogP) is 2.07. The molecule has 1 amide bonds. The van der Waals surface area contributed by atoms with Gasteiger partial charge in [-0.3, -0.25) is 9.79 Å². The average molecular weight is 265 g/mol. The standard InChI is InChI=1S/C16H15N3O/c1-10-6-5-9-12-13(10)19-16(20)15(17)18-14(12)11-7-3-2-4-8-11/h2-9,15H,17H2,1H3,(H,19,20)/t15-/m1/s1. The third kappa shape index (κ3) is 2.10. The zero-order valence-electron chi connectivity index (χ0n) is 11.1. The van der Waals surface area contributed by atoms with Gasteiger partial charge in [0.1, 0.15) is 0 Å². The first kappa shape index (κ1) is 12.6. The lowest BCUT2D eigenvalue weighted by Gasteiger charge is -2.12. The minimum Gasteiger partial charge on any atom is -0.322 e. The molecule has 1 aliphatic rings. The molecule has 0 unspecified atom stereocenters. The van der Waals surface area contributed by atoms with Crippen LogP contribution in [0.3, 0.4) is 0 Å². The van der Waals surface area contributed by atoms with E-state index in [1.54, 1.807) is 0 Å². The van der Waals surface area contributed by atoms with Crippen molar-refractivity contribution in [2.75, 3.05) is 5.32 Å². The van der Waals surface area contributed by atoms with Crippen molar-refractivity contribution in [1.82, 2.24) is 0 Å². The Kier molecular flexibility index (Phi) is 3.08. The fraction of sp³-hybridized carbons (Fsp3) is 0.125. The molecule has 0 spiro atoms. The lowest BCUT2D eigenvalue weighted by atomic mass is 9.98. The molecule has 2 aromatic rings. The van der Waals surface area contributed by atoms with E-state index in [0.29, 0.717) is 0 Å². The summed E-state index contributed by atoms with van der Waals surface area (Å²) in [7, 11) is 0. The highest BCUT2D eigenvalue weighted by Gasteiger charge is 2.23. The number of para-hydroxylation sites is 1. The number of anilines is 1. The van der Waals surface area contributed by atoms with Crippen LogP contribution in [-0.2, 0) is 4.79 Å². The van der Waals surface area contributed by atoms with Gasteiger partial charge in [0, 0.05) is 11.1 Å². The zero-order valence-corrected chi connectivity index (χ0v) is 11.1. The van der Waals surface area contributed by atoms with Crippen molar-refractivity contribution in [3.05, 3.63) is 65.2 Å². The molecule has 100 valence electrons. The van der Waals surface area contributed by atoms with E-state index in [-0.39, 0.29) is 5.91 Å². The van der Waals surface area contributed by atoms with Crippen molar-refractivity contribution < 1.29 is 4.79 Å². The van der Waals surface area contributed by atoms with Gasteiger partial charge in [0.15, 0.2) is 6.17 Å². The molecule has 1 heterocycles. The summed E-state index contributed by atoms with van der Waals surface area (Å²) in [5, 5.41) is 2.86. The van der Waals surface area contributed by atoms with Crippen molar-refractivity contribution in [1.29, 1.82) is 0 Å². The number of hydrogen-bond donors (Lipinski definition) is 2. The van der Waals surface area contributed by atoms with E-state index in [1.165, 1.54) is 0 Å². The average Bonchev–Trinajstić information content (AvgIpc) is 2.59. The molecule has 0 aromatic heterocycles. The Labute approximate surface area is 117 Å². The van der Waals surface area contributed by atoms with Crippen molar-refractivity contribution in [3.63, 3.8) is 0 Å². The molecule has 1 atom stereocenters. The van der Waals surface area contributed by atoms with E-state index in [2.05, 4.69) is 10.3 Å². The number of benzodiazepines with no additional fused rings is 1. The summed E-state index contributed by atoms with van der Waals surface area (Å²) < 4.78 is 0. The number of hydrogen-bond acceptors (Lipinski definition) is 3. The summed E-state index contributed by atoms with van der Waals surface area (Å²) in [5.41, 5.74) is 10.2. The van der Waals surface area contributed by atoms with Gasteiger partial charge in [-0.15, -0.1) is 0 Å². The first-order chi connectivity index (χ1) is 9.66. The fourth-order valence-electron chi connectivity index (χ4n) is 2.32. The lowest BCUT2D eigenvalue weighted by molar-refractivity contribution is -0.117. The molecule has 0 saturated heterocycles. The molecular formula is C16H15N3O. The number of nitrogens with one attached hydrogen (secondary N) is 1. The van der Waals surface area contributed by atoms with Crippen LogP contribution in [0.5, 0.6) is 0 Å². The first-order valence-corrected chi connectivity index (χ1v) is 6.46. The monoisotopic (exact) mass is 265 g/mol. The summed E-state index contributed by atoms with van der Waals surface area (Å²) in [6.45, 7) is 1.96. The largest absolute Gasteiger partial charge is 0.322 e. The Morgan fingerprint density at radius 1 is 1.10 bits per heavy atom. The molecule has 0 radical (unpaired) electrons. The van der Waals surface area contributed by atoms with Crippen LogP contribution >= 0.6 is 0 Å². The van der Waals surface area contributed by atoms with Gasteiger partial charge in [-0.05, 0) is 12.5 Å². The van der Waals surface area contributed by atoms with E-state index >= 15 is 0 Å². The van der Waals surface area contributed by atoms with Crippen LogP contribution < -0.4 is 11.1 Å². The topological polar surface area (TPSA) is 67.5 Å². The van der Waals surface area contributed by atoms with Gasteiger partial charge in [-0.25, -0.2) is 0 Å². The van der Waals surface area contributed by atoms with Crippen molar-refractivity contribution >= 4 is 17.3 Å². The minimum atomic E-state index is -0.892. The molecule has 0 fully saturated rings. The Hall–Kier alpha value is -2.46. The van der Waals surface area contributed by atoms with Gasteiger partial charge < -0.3 is 11.1 Å². The molecule has 3 rings (SSSR count). The number of nitrogens with zero attached hydrogens (tertiary/aromatic N) is 1. The second-order valence-corrected chi connectivity index (χ2v) is 4.78. The highest BCUT2D eigenvalue weighted by molar-refractivity contribution is 6.19. The molecule has 3 N–H and O–H groups in total. The highest BCUT2D eigenvalue weighted by atomic mass is 16.2. The minimum absolute atomic E-state index is 0.286. The van der Waals surface area contributed by atoms with Gasteiger partial charge in [0.05, 0.1) is 11.4 Å². The molecule has 2 aromatic carbocycles. The van der Waals surface area contributed by atoms with E-state index in [4.69, 9.17) is 5.73 Å². The maximum absolute atomic E-state index is 12.0. The van der Waals surface area contributed by atoms with Crippen LogP contribution in [-0.4, -0.2) is 17.8 Å². The van der Waals surface area contributed by atoms with E-state index in [0.717, 1.165) is 28.1 Å². The quantitative estimate of drug-likeness (QED) is 0.828. The van der Waals surface area contributed by atoms with Gasteiger partial charge >= 0.3 is 0 Å². The number of carbonyl (C=O) groups is 1. The van der Waals surface area contributed by atoms with Crippen molar-refractivity contribution in [2.24, 2.45) is 10.7 Å². The number of aliphatic imine (C=N–C) groups is 1. The number of nitrogens with two attached hydrogens (primary N) is 1. The summed E-state index contributed by atoms with van der Waals surface area (Å²) in [6, 6.07) is 15.6. The molecular weight excluding hydrogens is 250 g/mol. The Morgan fingerprint density at radius 2 is 1.85 bits per heavy atom. The zero-order chi connectivity index (χ0) is 14.1. The molecule has 1 aliphatic heterocycles. The van der Waals surface area contributed by atoms with E-state index in [9.17, 15) is 4.79 Å². The lowest BCUT2D eigenvalue weighted by Crippen LogP contribution is -2.33. The highest BCUT2D eigenvalue weighted by Crippen LogP contribution is 2.26. The molecule has 4 nitrogen and oxygen atoms in total. The van der Waals surface area contributed by atoms with Gasteiger partial charge in [-0.2, -0.15) is 0 Å². The normalized spacial score (nSPS) is 17.8. The van der Waals surface area contributed by atoms with Gasteiger partial charge in [0.2, 0.25) is 0 Å². The summed E-state index contributed by atoms with van der Waals surface area (Å²) in [5.74, 6) is -0.286. The third-order valence-corrected chi connectivity index (χ3v) is 3.36. The molecule has 20 heavy (non-hydrogen) atoms. The number of fused-ring (bicyclic) bond motifs is 1. The Bertz CT molecular complexity index is 692. The molecule has 0 saturated carbocycles. The van der Waals surface area contributed by atoms with Crippen LogP contribution in [0.1, 0.15) is 16.7 Å². The molecule has 0 aliphatic carbocycles. The van der Waals surface area contributed by atoms with Crippen LogP contribution in [0.4, 0.5) is 5.69 Å². The number of amides is 1. The van der Waals surface area contributed by atoms with Gasteiger partial charge in [-0.1, -0.05) is 48.5 Å². The fourth-order valence-corrected chi connectivity index (χ4v) is 2.32. The predicted molar refractivity (Wildman–Crippen MR) is 79.9 cm³/mol. The Balaban J connectivity index is 2.25. The maximum atomic E-state index is 12.0. The van der Waals surface area contributed by atoms with Crippen molar-refractivity contribution in [3.8, 4) is 0 Å². The van der Waals surface area contributed by atoms with E-state index in [1.807, 2.05) is 55.5 Å². The van der Waals surface area contributed by atoms with Gasteiger partial charge in [0.25, 0.3) is 5.91 Å². The summed E-state index contributed by atoms with van der Waals surface area (Å²) >= 11 is 0. The maximum Gasteiger partial charge on any atom is 0.263 e. The number of benzene rings is 2. The molecule has 4 heteroatoms. The van der Waals surface area contributed by atoms with Crippen LogP contribution in [0, 0.1) is 6.92 Å².